The van der Waals surface area contributed by atoms with Crippen LogP contribution in [0.15, 0.2) is 24.3 Å². The lowest BCUT2D eigenvalue weighted by atomic mass is 9.99. The van der Waals surface area contributed by atoms with E-state index in [-0.39, 0.29) is 12.5 Å². The fraction of sp³-hybridized carbons (Fsp3) is 0.400. The molecule has 1 atom stereocenters. The van der Waals surface area contributed by atoms with Crippen LogP contribution in [0.4, 0.5) is 4.79 Å². The third-order valence-electron chi connectivity index (χ3n) is 3.80. The third-order valence-corrected chi connectivity index (χ3v) is 3.80. The maximum atomic E-state index is 12.4. The molecule has 1 aromatic carbocycles. The third kappa shape index (κ3) is 2.61. The second-order valence-corrected chi connectivity index (χ2v) is 5.16. The first-order valence-electron chi connectivity index (χ1n) is 6.73. The summed E-state index contributed by atoms with van der Waals surface area (Å²) < 4.78 is 4.71. The molecule has 1 saturated heterocycles. The number of carbonyl (C=O) groups is 3. The second-order valence-electron chi connectivity index (χ2n) is 5.16. The van der Waals surface area contributed by atoms with E-state index in [2.05, 4.69) is 5.32 Å². The number of urea groups is 1. The molecule has 0 aliphatic carbocycles. The van der Waals surface area contributed by atoms with Crippen LogP contribution in [0.1, 0.15) is 36.2 Å². The van der Waals surface area contributed by atoms with Crippen molar-refractivity contribution in [2.45, 2.75) is 32.4 Å². The molecular weight excluding hydrogens is 272 g/mol. The van der Waals surface area contributed by atoms with Gasteiger partial charge in [-0.1, -0.05) is 25.1 Å². The highest BCUT2D eigenvalue weighted by Gasteiger charge is 2.46. The van der Waals surface area contributed by atoms with Gasteiger partial charge >= 0.3 is 12.0 Å². The molecule has 1 N–H and O–H groups in total. The monoisotopic (exact) mass is 290 g/mol. The molecule has 3 amide bonds. The van der Waals surface area contributed by atoms with Gasteiger partial charge in [-0.25, -0.2) is 9.59 Å². The van der Waals surface area contributed by atoms with Crippen molar-refractivity contribution in [2.24, 2.45) is 0 Å². The minimum absolute atomic E-state index is 0.0472. The first kappa shape index (κ1) is 15.0. The lowest BCUT2D eigenvalue weighted by Gasteiger charge is -2.19. The van der Waals surface area contributed by atoms with E-state index in [1.807, 2.05) is 6.92 Å². The Kier molecular flexibility index (Phi) is 3.97. The second kappa shape index (κ2) is 5.55. The summed E-state index contributed by atoms with van der Waals surface area (Å²) in [7, 11) is 1.29. The van der Waals surface area contributed by atoms with Crippen LogP contribution in [0.5, 0.6) is 0 Å². The summed E-state index contributed by atoms with van der Waals surface area (Å²) >= 11 is 0. The summed E-state index contributed by atoms with van der Waals surface area (Å²) in [5.41, 5.74) is 0.0519. The van der Waals surface area contributed by atoms with Gasteiger partial charge in [0, 0.05) is 0 Å². The average Bonchev–Trinajstić information content (AvgIpc) is 2.71. The van der Waals surface area contributed by atoms with Crippen LogP contribution >= 0.6 is 0 Å². The molecule has 1 fully saturated rings. The van der Waals surface area contributed by atoms with Crippen LogP contribution in [0.25, 0.3) is 0 Å². The van der Waals surface area contributed by atoms with E-state index in [0.717, 1.165) is 4.90 Å². The number of amides is 3. The lowest BCUT2D eigenvalue weighted by Crippen LogP contribution is -2.43. The molecule has 1 unspecified atom stereocenters. The maximum Gasteiger partial charge on any atom is 0.338 e. The van der Waals surface area contributed by atoms with Gasteiger partial charge < -0.3 is 10.1 Å². The Morgan fingerprint density at radius 3 is 2.57 bits per heavy atom. The van der Waals surface area contributed by atoms with Crippen molar-refractivity contribution < 1.29 is 19.1 Å². The molecule has 112 valence electrons. The molecular formula is C15H18N2O4. The highest BCUT2D eigenvalue weighted by atomic mass is 16.5. The Hall–Kier alpha value is -2.37. The fourth-order valence-electron chi connectivity index (χ4n) is 2.27. The van der Waals surface area contributed by atoms with E-state index in [0.29, 0.717) is 17.5 Å². The highest BCUT2D eigenvalue weighted by molar-refractivity contribution is 6.06. The van der Waals surface area contributed by atoms with Crippen LogP contribution in [0.2, 0.25) is 0 Å². The number of esters is 1. The van der Waals surface area contributed by atoms with Crippen LogP contribution in [-0.4, -0.2) is 35.5 Å². The molecule has 0 aromatic heterocycles. The van der Waals surface area contributed by atoms with E-state index in [9.17, 15) is 14.4 Å². The van der Waals surface area contributed by atoms with E-state index in [1.54, 1.807) is 31.2 Å². The molecule has 6 heteroatoms. The molecule has 0 saturated carbocycles. The summed E-state index contributed by atoms with van der Waals surface area (Å²) in [5.74, 6) is -0.773. The van der Waals surface area contributed by atoms with Crippen molar-refractivity contribution in [3.8, 4) is 0 Å². The smallest absolute Gasteiger partial charge is 0.338 e. The molecule has 0 radical (unpaired) electrons. The first-order valence-corrected chi connectivity index (χ1v) is 6.73. The fourth-order valence-corrected chi connectivity index (χ4v) is 2.27. The largest absolute Gasteiger partial charge is 0.465 e. The van der Waals surface area contributed by atoms with Crippen molar-refractivity contribution in [1.82, 2.24) is 10.2 Å². The Bertz CT molecular complexity index is 599. The van der Waals surface area contributed by atoms with Crippen molar-refractivity contribution in [3.63, 3.8) is 0 Å². The van der Waals surface area contributed by atoms with Crippen LogP contribution in [0, 0.1) is 0 Å². The molecule has 1 aromatic rings. The van der Waals surface area contributed by atoms with Gasteiger partial charge in [0.15, 0.2) is 0 Å². The number of hydrogen-bond acceptors (Lipinski definition) is 4. The van der Waals surface area contributed by atoms with Gasteiger partial charge in [-0.3, -0.25) is 9.69 Å². The normalized spacial score (nSPS) is 21.4. The number of nitrogens with one attached hydrogen (secondary N) is 1. The maximum absolute atomic E-state index is 12.4. The summed E-state index contributed by atoms with van der Waals surface area (Å²) in [5, 5.41) is 2.68. The Morgan fingerprint density at radius 1 is 1.33 bits per heavy atom. The number of benzene rings is 1. The number of hydrogen-bond donors (Lipinski definition) is 1. The van der Waals surface area contributed by atoms with Crippen molar-refractivity contribution in [2.75, 3.05) is 7.11 Å². The Labute approximate surface area is 123 Å². The Balaban J connectivity index is 2.29. The van der Waals surface area contributed by atoms with E-state index < -0.39 is 17.5 Å². The van der Waals surface area contributed by atoms with E-state index >= 15 is 0 Å². The summed E-state index contributed by atoms with van der Waals surface area (Å²) in [6, 6.07) is 6.33. The minimum Gasteiger partial charge on any atom is -0.465 e. The molecule has 21 heavy (non-hydrogen) atoms. The molecule has 1 aliphatic rings. The van der Waals surface area contributed by atoms with E-state index in [4.69, 9.17) is 4.74 Å². The Morgan fingerprint density at radius 2 is 2.00 bits per heavy atom. The number of imide groups is 1. The summed E-state index contributed by atoms with van der Waals surface area (Å²) in [6.45, 7) is 3.58. The zero-order chi connectivity index (χ0) is 15.6. The number of rotatable bonds is 4. The van der Waals surface area contributed by atoms with Crippen molar-refractivity contribution in [1.29, 1.82) is 0 Å². The topological polar surface area (TPSA) is 75.7 Å². The number of methoxy groups -OCH3 is 1. The van der Waals surface area contributed by atoms with Gasteiger partial charge in [0.2, 0.25) is 0 Å². The average molecular weight is 290 g/mol. The molecule has 1 heterocycles. The van der Waals surface area contributed by atoms with E-state index in [1.165, 1.54) is 7.11 Å². The van der Waals surface area contributed by atoms with Crippen LogP contribution in [0.3, 0.4) is 0 Å². The lowest BCUT2D eigenvalue weighted by molar-refractivity contribution is -0.131. The van der Waals surface area contributed by atoms with Gasteiger partial charge in [-0.15, -0.1) is 0 Å². The van der Waals surface area contributed by atoms with Crippen molar-refractivity contribution >= 4 is 17.9 Å². The van der Waals surface area contributed by atoms with Gasteiger partial charge in [0.25, 0.3) is 5.91 Å². The van der Waals surface area contributed by atoms with Crippen molar-refractivity contribution in [3.05, 3.63) is 35.4 Å². The highest BCUT2D eigenvalue weighted by Crippen LogP contribution is 2.23. The first-order chi connectivity index (χ1) is 9.92. The minimum atomic E-state index is -0.878. The van der Waals surface area contributed by atoms with Gasteiger partial charge in [-0.05, 0) is 25.0 Å². The zero-order valence-corrected chi connectivity index (χ0v) is 12.3. The summed E-state index contributed by atoms with van der Waals surface area (Å²) in [4.78, 5) is 37.2. The van der Waals surface area contributed by atoms with Gasteiger partial charge in [-0.2, -0.15) is 0 Å². The molecule has 0 bridgehead atoms. The zero-order valence-electron chi connectivity index (χ0n) is 12.3. The predicted molar refractivity (Wildman–Crippen MR) is 75.6 cm³/mol. The number of nitrogens with zero attached hydrogens (tertiary/aromatic N) is 1. The molecule has 2 rings (SSSR count). The van der Waals surface area contributed by atoms with Gasteiger partial charge in [0.1, 0.15) is 5.54 Å². The molecule has 6 nitrogen and oxygen atoms in total. The summed E-state index contributed by atoms with van der Waals surface area (Å²) in [6.07, 6.45) is 0.507. The standard InChI is InChI=1S/C15H18N2O4/c1-4-15(2)13(19)17(14(20)16-15)9-10-7-5-6-8-11(10)12(18)21-3/h5-8H,4,9H2,1-3H3,(H,16,20). The van der Waals surface area contributed by atoms with Crippen LogP contribution < -0.4 is 5.32 Å². The van der Waals surface area contributed by atoms with Gasteiger partial charge in [0.05, 0.1) is 19.2 Å². The van der Waals surface area contributed by atoms with Crippen LogP contribution in [-0.2, 0) is 16.1 Å². The quantitative estimate of drug-likeness (QED) is 0.676. The molecule has 0 spiro atoms. The SMILES string of the molecule is CCC1(C)NC(=O)N(Cc2ccccc2C(=O)OC)C1=O. The molecule has 1 aliphatic heterocycles. The number of ether oxygens (including phenoxy) is 1. The number of carbonyl (C=O) groups excluding carboxylic acids is 3. The predicted octanol–water partition coefficient (Wildman–Crippen LogP) is 1.69.